The average molecular weight is 387 g/mol. The van der Waals surface area contributed by atoms with Crippen LogP contribution in [-0.4, -0.2) is 31.9 Å². The summed E-state index contributed by atoms with van der Waals surface area (Å²) in [6.45, 7) is 1.51. The number of benzene rings is 2. The number of para-hydroxylation sites is 4. The van der Waals surface area contributed by atoms with E-state index in [0.717, 1.165) is 46.8 Å². The summed E-state index contributed by atoms with van der Waals surface area (Å²) in [5.74, 6) is 1.94. The Morgan fingerprint density at radius 2 is 1.21 bits per heavy atom. The van der Waals surface area contributed by atoms with Crippen molar-refractivity contribution in [3.63, 3.8) is 0 Å². The van der Waals surface area contributed by atoms with Crippen molar-refractivity contribution in [3.8, 4) is 0 Å². The maximum absolute atomic E-state index is 4.61. The summed E-state index contributed by atoms with van der Waals surface area (Å²) in [6.07, 6.45) is 0. The Morgan fingerprint density at radius 1 is 0.792 bits per heavy atom. The number of hydrogen-bond acceptors (Lipinski definition) is 3. The fourth-order valence-electron chi connectivity index (χ4n) is 2.73. The number of hydrogen-bond donors (Lipinski definition) is 2. The number of fused-ring (bicyclic) bond motifs is 2. The summed E-state index contributed by atoms with van der Waals surface area (Å²) < 4.78 is 0. The van der Waals surface area contributed by atoms with Gasteiger partial charge < -0.3 is 9.97 Å². The van der Waals surface area contributed by atoms with Gasteiger partial charge in [-0.15, -0.1) is 12.4 Å². The van der Waals surface area contributed by atoms with Crippen molar-refractivity contribution in [3.05, 3.63) is 60.2 Å². The Bertz CT molecular complexity index is 791. The quantitative estimate of drug-likeness (QED) is 0.564. The third-order valence-electron chi connectivity index (χ3n) is 3.72. The molecule has 2 heterocycles. The molecule has 0 saturated heterocycles. The minimum Gasteiger partial charge on any atom is -0.341 e. The largest absolute Gasteiger partial charge is 0.341 e. The van der Waals surface area contributed by atoms with Crippen LogP contribution in [0, 0.1) is 0 Å². The number of rotatable bonds is 4. The molecule has 0 unspecified atom stereocenters. The summed E-state index contributed by atoms with van der Waals surface area (Å²) in [5.41, 5.74) is 4.17. The van der Waals surface area contributed by atoms with Gasteiger partial charge in [-0.1, -0.05) is 24.3 Å². The molecule has 0 aliphatic heterocycles. The molecule has 0 atom stereocenters. The summed E-state index contributed by atoms with van der Waals surface area (Å²) in [6, 6.07) is 16.2. The van der Waals surface area contributed by atoms with E-state index < -0.39 is 0 Å². The Kier molecular flexibility index (Phi) is 6.01. The smallest absolute Gasteiger partial charge is 0.121 e. The Hall–Kier alpha value is -1.86. The number of imidazole rings is 2. The zero-order valence-electron chi connectivity index (χ0n) is 13.1. The van der Waals surface area contributed by atoms with Crippen LogP contribution in [0.25, 0.3) is 22.1 Å². The molecule has 2 aromatic carbocycles. The van der Waals surface area contributed by atoms with E-state index >= 15 is 0 Å². The van der Waals surface area contributed by atoms with Crippen LogP contribution in [0.2, 0.25) is 0 Å². The maximum atomic E-state index is 4.61. The molecule has 5 nitrogen and oxygen atoms in total. The molecule has 0 spiro atoms. The van der Waals surface area contributed by atoms with Crippen LogP contribution < -0.4 is 0 Å². The van der Waals surface area contributed by atoms with Gasteiger partial charge in [0.1, 0.15) is 11.6 Å². The number of aromatic amines is 2. The van der Waals surface area contributed by atoms with Gasteiger partial charge >= 0.3 is 0 Å². The third kappa shape index (κ3) is 3.79. The van der Waals surface area contributed by atoms with Crippen molar-refractivity contribution >= 4 is 34.5 Å². The topological polar surface area (TPSA) is 60.6 Å². The van der Waals surface area contributed by atoms with E-state index in [1.54, 1.807) is 0 Å². The molecule has 7 heteroatoms. The molecule has 127 valence electrons. The van der Waals surface area contributed by atoms with Crippen LogP contribution in [0.3, 0.4) is 0 Å². The Labute approximate surface area is 156 Å². The van der Waals surface area contributed by atoms with Gasteiger partial charge in [0.15, 0.2) is 0 Å². The first-order valence-electron chi connectivity index (χ1n) is 7.34. The van der Waals surface area contributed by atoms with Gasteiger partial charge in [0.2, 0.25) is 0 Å². The van der Waals surface area contributed by atoms with Gasteiger partial charge in [0, 0.05) is 16.8 Å². The summed E-state index contributed by atoms with van der Waals surface area (Å²) in [4.78, 5) is 18.1. The molecule has 0 aliphatic carbocycles. The van der Waals surface area contributed by atoms with Gasteiger partial charge in [-0.3, -0.25) is 4.90 Å². The number of halogens is 1. The number of H-pyrrole nitrogens is 2. The predicted octanol–water partition coefficient (Wildman–Crippen LogP) is 3.49. The van der Waals surface area contributed by atoms with E-state index in [4.69, 9.17) is 0 Å². The fraction of sp³-hybridized carbons (Fsp3) is 0.176. The van der Waals surface area contributed by atoms with Crippen molar-refractivity contribution in [2.45, 2.75) is 13.1 Å². The van der Waals surface area contributed by atoms with Gasteiger partial charge in [0.05, 0.1) is 35.2 Å². The van der Waals surface area contributed by atoms with Gasteiger partial charge in [0.25, 0.3) is 0 Å². The van der Waals surface area contributed by atoms with Crippen molar-refractivity contribution in [2.75, 3.05) is 7.05 Å². The fourth-order valence-corrected chi connectivity index (χ4v) is 2.73. The number of nitrogens with one attached hydrogen (secondary N) is 2. The van der Waals surface area contributed by atoms with Crippen LogP contribution in [-0.2, 0) is 29.9 Å². The molecule has 0 saturated carbocycles. The van der Waals surface area contributed by atoms with Crippen molar-refractivity contribution < 1.29 is 16.8 Å². The second-order valence-corrected chi connectivity index (χ2v) is 5.57. The van der Waals surface area contributed by atoms with Crippen molar-refractivity contribution in [1.82, 2.24) is 24.8 Å². The van der Waals surface area contributed by atoms with Crippen molar-refractivity contribution in [1.29, 1.82) is 0 Å². The normalized spacial score (nSPS) is 10.8. The molecule has 0 bridgehead atoms. The van der Waals surface area contributed by atoms with Crippen LogP contribution in [0.1, 0.15) is 11.6 Å². The second-order valence-electron chi connectivity index (χ2n) is 5.57. The summed E-state index contributed by atoms with van der Waals surface area (Å²) in [5, 5.41) is 0. The minimum absolute atomic E-state index is 0. The first-order chi connectivity index (χ1) is 10.8. The van der Waals surface area contributed by atoms with E-state index in [2.05, 4.69) is 31.9 Å². The average Bonchev–Trinajstić information content (AvgIpc) is 3.08. The molecule has 0 fully saturated rings. The van der Waals surface area contributed by atoms with Gasteiger partial charge in [-0.25, -0.2) is 9.97 Å². The molecule has 2 aromatic heterocycles. The number of aromatic nitrogens is 4. The molecular weight excluding hydrogens is 369 g/mol. The van der Waals surface area contributed by atoms with E-state index in [9.17, 15) is 0 Å². The zero-order valence-corrected chi connectivity index (χ0v) is 15.0. The van der Waals surface area contributed by atoms with Crippen LogP contribution in [0.4, 0.5) is 0 Å². The molecule has 0 amide bonds. The Balaban J connectivity index is 0.00000104. The molecule has 24 heavy (non-hydrogen) atoms. The van der Waals surface area contributed by atoms with E-state index in [1.807, 2.05) is 48.5 Å². The van der Waals surface area contributed by atoms with Crippen LogP contribution in [0.15, 0.2) is 48.5 Å². The summed E-state index contributed by atoms with van der Waals surface area (Å²) in [7, 11) is 2.07. The molecule has 0 aliphatic rings. The molecular formula is C17H18ClCoN5. The standard InChI is InChI=1S/C17H17N5.ClH.Co/c1-22(10-16-18-12-6-2-3-7-13(12)19-16)11-17-20-14-8-4-5-9-15(14)21-17;;/h2-9H,10-11H2,1H3,(H,18,19)(H,20,21);1H;. The van der Waals surface area contributed by atoms with Crippen LogP contribution in [0.5, 0.6) is 0 Å². The van der Waals surface area contributed by atoms with E-state index in [-0.39, 0.29) is 29.2 Å². The van der Waals surface area contributed by atoms with Gasteiger partial charge in [-0.2, -0.15) is 0 Å². The summed E-state index contributed by atoms with van der Waals surface area (Å²) >= 11 is 0. The van der Waals surface area contributed by atoms with Gasteiger partial charge in [-0.05, 0) is 31.3 Å². The molecule has 4 rings (SSSR count). The first-order valence-corrected chi connectivity index (χ1v) is 7.34. The molecule has 4 aromatic rings. The monoisotopic (exact) mass is 386 g/mol. The zero-order chi connectivity index (χ0) is 14.9. The van der Waals surface area contributed by atoms with Crippen LogP contribution >= 0.6 is 12.4 Å². The predicted molar refractivity (Wildman–Crippen MR) is 94.6 cm³/mol. The first kappa shape index (κ1) is 18.5. The minimum atomic E-state index is 0. The molecule has 2 N–H and O–H groups in total. The second kappa shape index (κ2) is 7.81. The number of nitrogens with zero attached hydrogens (tertiary/aromatic N) is 3. The van der Waals surface area contributed by atoms with E-state index in [1.165, 1.54) is 0 Å². The Morgan fingerprint density at radius 3 is 1.62 bits per heavy atom. The van der Waals surface area contributed by atoms with E-state index in [0.29, 0.717) is 0 Å². The third-order valence-corrected chi connectivity index (χ3v) is 3.72. The van der Waals surface area contributed by atoms with Crippen molar-refractivity contribution in [2.24, 2.45) is 0 Å². The molecule has 1 radical (unpaired) electrons. The SMILES string of the molecule is CN(Cc1nc2ccccc2[nH]1)Cc1nc2ccccc2[nH]1.Cl.[Co]. The maximum Gasteiger partial charge on any atom is 0.121 e.